The molecule has 0 spiro atoms. The number of amides is 1. The number of carbonyl (C=O) groups excluding carboxylic acids is 1. The Morgan fingerprint density at radius 1 is 1.50 bits per heavy atom. The van der Waals surface area contributed by atoms with Crippen LogP contribution in [0.3, 0.4) is 0 Å². The maximum Gasteiger partial charge on any atom is 0.236 e. The maximum absolute atomic E-state index is 11.3. The van der Waals surface area contributed by atoms with Crippen LogP contribution in [0.1, 0.15) is 12.5 Å². The van der Waals surface area contributed by atoms with Gasteiger partial charge in [-0.1, -0.05) is 12.1 Å². The van der Waals surface area contributed by atoms with E-state index in [1.165, 1.54) is 0 Å². The highest BCUT2D eigenvalue weighted by Gasteiger charge is 2.13. The van der Waals surface area contributed by atoms with Gasteiger partial charge in [0, 0.05) is 13.6 Å². The number of ether oxygens (including phenoxy) is 1. The normalized spacial score (nSPS) is 13.1. The number of hydrogen-bond acceptors (Lipinski definition) is 5. The predicted molar refractivity (Wildman–Crippen MR) is 74.2 cm³/mol. The fourth-order valence-corrected chi connectivity index (χ4v) is 1.55. The Bertz CT molecular complexity index is 485. The summed E-state index contributed by atoms with van der Waals surface area (Å²) in [4.78, 5) is 11.3. The topological polar surface area (TPSA) is 94.4 Å². The SMILES string of the molecule is CNC(=O)C(C)NCC(O)COc1ccccc1C#N. The predicted octanol–water partition coefficient (Wildman–Crippen LogP) is 0.0221. The lowest BCUT2D eigenvalue weighted by Crippen LogP contribution is -2.44. The Labute approximate surface area is 118 Å². The van der Waals surface area contributed by atoms with E-state index >= 15 is 0 Å². The lowest BCUT2D eigenvalue weighted by molar-refractivity contribution is -0.122. The summed E-state index contributed by atoms with van der Waals surface area (Å²) in [6, 6.07) is 8.45. The molecular formula is C14H19N3O3. The van der Waals surface area contributed by atoms with Crippen molar-refractivity contribution in [2.75, 3.05) is 20.2 Å². The maximum atomic E-state index is 11.3. The number of rotatable bonds is 7. The van der Waals surface area contributed by atoms with Crippen LogP contribution in [-0.2, 0) is 4.79 Å². The first-order valence-corrected chi connectivity index (χ1v) is 6.33. The summed E-state index contributed by atoms with van der Waals surface area (Å²) < 4.78 is 5.40. The lowest BCUT2D eigenvalue weighted by atomic mass is 10.2. The van der Waals surface area contributed by atoms with Crippen LogP contribution in [0.15, 0.2) is 24.3 Å². The molecule has 2 atom stereocenters. The molecule has 2 unspecified atom stereocenters. The molecule has 0 radical (unpaired) electrons. The van der Waals surface area contributed by atoms with E-state index in [1.807, 2.05) is 6.07 Å². The third-order valence-corrected chi connectivity index (χ3v) is 2.74. The van der Waals surface area contributed by atoms with Gasteiger partial charge in [0.05, 0.1) is 11.6 Å². The van der Waals surface area contributed by atoms with Gasteiger partial charge in [0.15, 0.2) is 0 Å². The Balaban J connectivity index is 2.38. The molecule has 0 aromatic heterocycles. The summed E-state index contributed by atoms with van der Waals surface area (Å²) in [7, 11) is 1.55. The van der Waals surface area contributed by atoms with Crippen molar-refractivity contribution in [3.8, 4) is 11.8 Å². The molecule has 0 aliphatic carbocycles. The zero-order valence-corrected chi connectivity index (χ0v) is 11.6. The van der Waals surface area contributed by atoms with Crippen LogP contribution in [-0.4, -0.2) is 43.4 Å². The van der Waals surface area contributed by atoms with E-state index in [9.17, 15) is 9.90 Å². The zero-order valence-electron chi connectivity index (χ0n) is 11.6. The van der Waals surface area contributed by atoms with Crippen LogP contribution in [0.25, 0.3) is 0 Å². The average molecular weight is 277 g/mol. The van der Waals surface area contributed by atoms with E-state index in [4.69, 9.17) is 10.00 Å². The summed E-state index contributed by atoms with van der Waals surface area (Å²) >= 11 is 0. The zero-order chi connectivity index (χ0) is 15.0. The van der Waals surface area contributed by atoms with Crippen molar-refractivity contribution in [1.82, 2.24) is 10.6 Å². The Kier molecular flexibility index (Phi) is 6.50. The minimum absolute atomic E-state index is 0.0478. The molecule has 6 heteroatoms. The fraction of sp³-hybridized carbons (Fsp3) is 0.429. The van der Waals surface area contributed by atoms with E-state index in [0.29, 0.717) is 11.3 Å². The summed E-state index contributed by atoms with van der Waals surface area (Å²) in [5.74, 6) is 0.293. The Morgan fingerprint density at radius 3 is 2.85 bits per heavy atom. The van der Waals surface area contributed by atoms with Gasteiger partial charge in [0.1, 0.15) is 24.5 Å². The number of carbonyl (C=O) groups is 1. The highest BCUT2D eigenvalue weighted by atomic mass is 16.5. The van der Waals surface area contributed by atoms with Crippen molar-refractivity contribution in [1.29, 1.82) is 5.26 Å². The minimum atomic E-state index is -0.770. The summed E-state index contributed by atoms with van der Waals surface area (Å²) in [6.07, 6.45) is -0.770. The molecule has 1 rings (SSSR count). The molecule has 1 aromatic rings. The number of aliphatic hydroxyl groups excluding tert-OH is 1. The van der Waals surface area contributed by atoms with Gasteiger partial charge in [-0.25, -0.2) is 0 Å². The molecule has 1 aromatic carbocycles. The first-order valence-electron chi connectivity index (χ1n) is 6.33. The number of hydrogen-bond donors (Lipinski definition) is 3. The van der Waals surface area contributed by atoms with Gasteiger partial charge in [-0.15, -0.1) is 0 Å². The largest absolute Gasteiger partial charge is 0.489 e. The summed E-state index contributed by atoms with van der Waals surface area (Å²) in [5.41, 5.74) is 0.423. The van der Waals surface area contributed by atoms with Gasteiger partial charge in [-0.05, 0) is 19.1 Å². The van der Waals surface area contributed by atoms with Crippen molar-refractivity contribution >= 4 is 5.91 Å². The van der Waals surface area contributed by atoms with Crippen molar-refractivity contribution in [3.63, 3.8) is 0 Å². The summed E-state index contributed by atoms with van der Waals surface area (Å²) in [6.45, 7) is 1.98. The van der Waals surface area contributed by atoms with Gasteiger partial charge in [-0.2, -0.15) is 5.26 Å². The number of para-hydroxylation sites is 1. The Hall–Kier alpha value is -2.10. The molecule has 0 saturated heterocycles. The number of nitriles is 1. The van der Waals surface area contributed by atoms with Crippen LogP contribution in [0, 0.1) is 11.3 Å². The number of benzene rings is 1. The van der Waals surface area contributed by atoms with Crippen LogP contribution >= 0.6 is 0 Å². The van der Waals surface area contributed by atoms with E-state index in [2.05, 4.69) is 10.6 Å². The Morgan fingerprint density at radius 2 is 2.20 bits per heavy atom. The van der Waals surface area contributed by atoms with E-state index in [1.54, 1.807) is 38.2 Å². The highest BCUT2D eigenvalue weighted by Crippen LogP contribution is 2.16. The van der Waals surface area contributed by atoms with Crippen LogP contribution in [0.4, 0.5) is 0 Å². The molecule has 6 nitrogen and oxygen atoms in total. The van der Waals surface area contributed by atoms with Crippen molar-refractivity contribution < 1.29 is 14.6 Å². The second-order valence-electron chi connectivity index (χ2n) is 4.32. The van der Waals surface area contributed by atoms with Gasteiger partial charge >= 0.3 is 0 Å². The monoisotopic (exact) mass is 277 g/mol. The number of nitrogens with one attached hydrogen (secondary N) is 2. The van der Waals surface area contributed by atoms with E-state index in [-0.39, 0.29) is 25.1 Å². The molecule has 3 N–H and O–H groups in total. The second kappa shape index (κ2) is 8.15. The standard InChI is InChI=1S/C14H19N3O3/c1-10(14(19)16-2)17-8-12(18)9-20-13-6-4-3-5-11(13)7-15/h3-6,10,12,17-18H,8-9H2,1-2H3,(H,16,19). The smallest absolute Gasteiger partial charge is 0.236 e. The molecule has 0 heterocycles. The molecule has 108 valence electrons. The molecule has 0 fully saturated rings. The highest BCUT2D eigenvalue weighted by molar-refractivity contribution is 5.80. The molecule has 1 amide bonds. The van der Waals surface area contributed by atoms with Crippen molar-refractivity contribution in [2.24, 2.45) is 0 Å². The quantitative estimate of drug-likeness (QED) is 0.653. The van der Waals surface area contributed by atoms with Gasteiger partial charge < -0.3 is 20.5 Å². The third-order valence-electron chi connectivity index (χ3n) is 2.74. The van der Waals surface area contributed by atoms with Crippen molar-refractivity contribution in [2.45, 2.75) is 19.1 Å². The number of likely N-dealkylation sites (N-methyl/N-ethyl adjacent to an activating group) is 1. The van der Waals surface area contributed by atoms with Gasteiger partial charge in [0.25, 0.3) is 0 Å². The van der Waals surface area contributed by atoms with Gasteiger partial charge in [0.2, 0.25) is 5.91 Å². The number of nitrogens with zero attached hydrogens (tertiary/aromatic N) is 1. The van der Waals surface area contributed by atoms with Crippen LogP contribution in [0.5, 0.6) is 5.75 Å². The number of aliphatic hydroxyl groups is 1. The second-order valence-corrected chi connectivity index (χ2v) is 4.32. The molecule has 20 heavy (non-hydrogen) atoms. The summed E-state index contributed by atoms with van der Waals surface area (Å²) in [5, 5.41) is 24.1. The molecular weight excluding hydrogens is 258 g/mol. The average Bonchev–Trinajstić information content (AvgIpc) is 2.49. The third kappa shape index (κ3) is 4.88. The van der Waals surface area contributed by atoms with Crippen molar-refractivity contribution in [3.05, 3.63) is 29.8 Å². The lowest BCUT2D eigenvalue weighted by Gasteiger charge is -2.16. The molecule has 0 aliphatic rings. The van der Waals surface area contributed by atoms with Gasteiger partial charge in [-0.3, -0.25) is 4.79 Å². The molecule has 0 bridgehead atoms. The minimum Gasteiger partial charge on any atom is -0.489 e. The first kappa shape index (κ1) is 16.0. The molecule has 0 aliphatic heterocycles. The van der Waals surface area contributed by atoms with E-state index in [0.717, 1.165) is 0 Å². The first-order chi connectivity index (χ1) is 9.58. The molecule has 0 saturated carbocycles. The van der Waals surface area contributed by atoms with Crippen LogP contribution < -0.4 is 15.4 Å². The fourth-order valence-electron chi connectivity index (χ4n) is 1.55. The van der Waals surface area contributed by atoms with E-state index < -0.39 is 6.10 Å². The van der Waals surface area contributed by atoms with Crippen LogP contribution in [0.2, 0.25) is 0 Å².